The van der Waals surface area contributed by atoms with Gasteiger partial charge in [0.2, 0.25) is 0 Å². The van der Waals surface area contributed by atoms with Crippen molar-refractivity contribution in [3.8, 4) is 0 Å². The van der Waals surface area contributed by atoms with Crippen LogP contribution in [0.15, 0.2) is 22.7 Å². The Hall–Kier alpha value is -1.67. The van der Waals surface area contributed by atoms with Crippen LogP contribution in [0, 0.1) is 10.1 Å². The molecule has 1 rings (SSSR count). The number of methoxy groups -OCH3 is 1. The first kappa shape index (κ1) is 15.4. The van der Waals surface area contributed by atoms with E-state index in [4.69, 9.17) is 9.84 Å². The second-order valence-corrected chi connectivity index (χ2v) is 4.65. The smallest absolute Gasteiger partial charge is 0.326 e. The molecule has 0 heterocycles. The van der Waals surface area contributed by atoms with E-state index in [1.807, 2.05) is 0 Å². The molecule has 0 amide bonds. The van der Waals surface area contributed by atoms with E-state index in [0.717, 1.165) is 0 Å². The minimum Gasteiger partial charge on any atom is -0.480 e. The lowest BCUT2D eigenvalue weighted by Crippen LogP contribution is -2.30. The van der Waals surface area contributed by atoms with Crippen LogP contribution in [0.25, 0.3) is 0 Å². The van der Waals surface area contributed by atoms with Gasteiger partial charge in [-0.15, -0.1) is 0 Å². The summed E-state index contributed by atoms with van der Waals surface area (Å²) in [5, 5.41) is 22.6. The Labute approximate surface area is 117 Å². The van der Waals surface area contributed by atoms with Crippen LogP contribution in [0.2, 0.25) is 0 Å². The highest BCUT2D eigenvalue weighted by molar-refractivity contribution is 9.10. The lowest BCUT2D eigenvalue weighted by molar-refractivity contribution is -0.384. The summed E-state index contributed by atoms with van der Waals surface area (Å²) in [7, 11) is 1.46. The number of carbonyl (C=O) groups is 1. The number of nitrogens with zero attached hydrogens (tertiary/aromatic N) is 1. The van der Waals surface area contributed by atoms with Gasteiger partial charge < -0.3 is 15.2 Å². The van der Waals surface area contributed by atoms with Gasteiger partial charge in [-0.1, -0.05) is 15.9 Å². The van der Waals surface area contributed by atoms with Crippen molar-refractivity contribution in [2.75, 3.05) is 19.0 Å². The van der Waals surface area contributed by atoms with Crippen molar-refractivity contribution in [3.05, 3.63) is 32.8 Å². The highest BCUT2D eigenvalue weighted by Gasteiger charge is 2.21. The number of hydrogen-bond acceptors (Lipinski definition) is 5. The molecule has 19 heavy (non-hydrogen) atoms. The van der Waals surface area contributed by atoms with E-state index in [0.29, 0.717) is 4.47 Å². The number of benzene rings is 1. The molecule has 104 valence electrons. The van der Waals surface area contributed by atoms with Gasteiger partial charge in [-0.25, -0.2) is 4.79 Å². The topological polar surface area (TPSA) is 102 Å². The van der Waals surface area contributed by atoms with Gasteiger partial charge in [0.1, 0.15) is 11.7 Å². The molecule has 7 nitrogen and oxygen atoms in total. The largest absolute Gasteiger partial charge is 0.480 e. The van der Waals surface area contributed by atoms with E-state index in [1.54, 1.807) is 0 Å². The fourth-order valence-electron chi connectivity index (χ4n) is 1.46. The molecule has 2 N–H and O–H groups in total. The van der Waals surface area contributed by atoms with Gasteiger partial charge in [0.05, 0.1) is 4.92 Å². The fourth-order valence-corrected chi connectivity index (χ4v) is 1.82. The molecule has 0 aromatic heterocycles. The van der Waals surface area contributed by atoms with E-state index in [2.05, 4.69) is 21.2 Å². The summed E-state index contributed by atoms with van der Waals surface area (Å²) in [5.74, 6) is -1.09. The molecule has 0 bridgehead atoms. The average molecular weight is 333 g/mol. The minimum absolute atomic E-state index is 0.155. The van der Waals surface area contributed by atoms with Crippen LogP contribution in [0.4, 0.5) is 11.4 Å². The highest BCUT2D eigenvalue weighted by Crippen LogP contribution is 2.28. The number of anilines is 1. The van der Waals surface area contributed by atoms with Gasteiger partial charge in [0.15, 0.2) is 0 Å². The summed E-state index contributed by atoms with van der Waals surface area (Å²) in [4.78, 5) is 21.4. The molecule has 1 atom stereocenters. The molecule has 0 saturated heterocycles. The number of carboxylic acid groups (broad SMARTS) is 1. The first-order valence-corrected chi connectivity index (χ1v) is 6.17. The summed E-state index contributed by atoms with van der Waals surface area (Å²) in [6, 6.07) is 3.35. The van der Waals surface area contributed by atoms with Crippen LogP contribution in [-0.2, 0) is 9.53 Å². The molecule has 8 heteroatoms. The second-order valence-electron chi connectivity index (χ2n) is 3.74. The molecular weight excluding hydrogens is 320 g/mol. The monoisotopic (exact) mass is 332 g/mol. The molecule has 0 spiro atoms. The zero-order chi connectivity index (χ0) is 14.4. The van der Waals surface area contributed by atoms with Crippen LogP contribution in [-0.4, -0.2) is 35.8 Å². The summed E-state index contributed by atoms with van der Waals surface area (Å²) >= 11 is 3.19. The predicted molar refractivity (Wildman–Crippen MR) is 72.3 cm³/mol. The number of nitro groups is 1. The molecule has 0 fully saturated rings. The Morgan fingerprint density at radius 1 is 1.63 bits per heavy atom. The fraction of sp³-hybridized carbons (Fsp3) is 0.364. The quantitative estimate of drug-likeness (QED) is 0.586. The number of ether oxygens (including phenoxy) is 1. The van der Waals surface area contributed by atoms with Crippen molar-refractivity contribution < 1.29 is 19.6 Å². The van der Waals surface area contributed by atoms with Crippen molar-refractivity contribution in [1.82, 2.24) is 0 Å². The SMILES string of the molecule is COCCC(Nc1cc(Br)ccc1[N+](=O)[O-])C(=O)O. The number of carboxylic acids is 1. The molecular formula is C11H13BrN2O5. The first-order chi connectivity index (χ1) is 8.95. The summed E-state index contributed by atoms with van der Waals surface area (Å²) in [6.07, 6.45) is 0.204. The van der Waals surface area contributed by atoms with Gasteiger partial charge in [-0.3, -0.25) is 10.1 Å². The zero-order valence-electron chi connectivity index (χ0n) is 10.1. The lowest BCUT2D eigenvalue weighted by Gasteiger charge is -2.15. The minimum atomic E-state index is -1.09. The Bertz CT molecular complexity index is 480. The maximum atomic E-state index is 11.1. The maximum absolute atomic E-state index is 11.1. The van der Waals surface area contributed by atoms with Gasteiger partial charge in [0, 0.05) is 30.7 Å². The number of nitrogens with one attached hydrogen (secondary N) is 1. The van der Waals surface area contributed by atoms with E-state index in [9.17, 15) is 14.9 Å². The molecule has 0 radical (unpaired) electrons. The Morgan fingerprint density at radius 3 is 2.84 bits per heavy atom. The molecule has 0 aliphatic rings. The van der Waals surface area contributed by atoms with Crippen molar-refractivity contribution in [2.24, 2.45) is 0 Å². The number of halogens is 1. The lowest BCUT2D eigenvalue weighted by atomic mass is 10.2. The van der Waals surface area contributed by atoms with Crippen LogP contribution in [0.3, 0.4) is 0 Å². The molecule has 0 aliphatic heterocycles. The Balaban J connectivity index is 2.97. The van der Waals surface area contributed by atoms with Crippen molar-refractivity contribution in [3.63, 3.8) is 0 Å². The highest BCUT2D eigenvalue weighted by atomic mass is 79.9. The third kappa shape index (κ3) is 4.49. The predicted octanol–water partition coefficient (Wildman–Crippen LogP) is 2.26. The molecule has 1 unspecified atom stereocenters. The van der Waals surface area contributed by atoms with E-state index >= 15 is 0 Å². The molecule has 0 saturated carbocycles. The van der Waals surface area contributed by atoms with E-state index < -0.39 is 16.9 Å². The summed E-state index contributed by atoms with van der Waals surface area (Å²) in [5.41, 5.74) is -0.0188. The summed E-state index contributed by atoms with van der Waals surface area (Å²) < 4.78 is 5.44. The van der Waals surface area contributed by atoms with Crippen LogP contribution in [0.5, 0.6) is 0 Å². The normalized spacial score (nSPS) is 11.9. The number of aliphatic carboxylic acids is 1. The second kappa shape index (κ2) is 7.05. The number of nitro benzene ring substituents is 1. The molecule has 0 aliphatic carbocycles. The third-order valence-corrected chi connectivity index (χ3v) is 2.89. The Morgan fingerprint density at radius 2 is 2.32 bits per heavy atom. The van der Waals surface area contributed by atoms with Crippen LogP contribution in [0.1, 0.15) is 6.42 Å². The number of rotatable bonds is 7. The van der Waals surface area contributed by atoms with Gasteiger partial charge in [-0.2, -0.15) is 0 Å². The third-order valence-electron chi connectivity index (χ3n) is 2.39. The van der Waals surface area contributed by atoms with Crippen LogP contribution < -0.4 is 5.32 Å². The molecule has 1 aromatic rings. The van der Waals surface area contributed by atoms with E-state index in [1.165, 1.54) is 25.3 Å². The maximum Gasteiger partial charge on any atom is 0.326 e. The number of hydrogen-bond donors (Lipinski definition) is 2. The van der Waals surface area contributed by atoms with Crippen molar-refractivity contribution in [2.45, 2.75) is 12.5 Å². The standard InChI is InChI=1S/C11H13BrN2O5/c1-19-5-4-8(11(15)16)13-9-6-7(12)2-3-10(9)14(17)18/h2-3,6,8,13H,4-5H2,1H3,(H,15,16). The average Bonchev–Trinajstić information content (AvgIpc) is 2.33. The van der Waals surface area contributed by atoms with Crippen LogP contribution >= 0.6 is 15.9 Å². The molecule has 1 aromatic carbocycles. The van der Waals surface area contributed by atoms with Gasteiger partial charge >= 0.3 is 5.97 Å². The Kier molecular flexibility index (Phi) is 5.71. The van der Waals surface area contributed by atoms with Gasteiger partial charge in [0.25, 0.3) is 5.69 Å². The van der Waals surface area contributed by atoms with Crippen molar-refractivity contribution in [1.29, 1.82) is 0 Å². The van der Waals surface area contributed by atoms with Crippen molar-refractivity contribution >= 4 is 33.3 Å². The van der Waals surface area contributed by atoms with E-state index in [-0.39, 0.29) is 24.4 Å². The summed E-state index contributed by atoms with van der Waals surface area (Å²) in [6.45, 7) is 0.242. The van der Waals surface area contributed by atoms with Gasteiger partial charge in [-0.05, 0) is 12.1 Å². The zero-order valence-corrected chi connectivity index (χ0v) is 11.7. The first-order valence-electron chi connectivity index (χ1n) is 5.38.